The lowest BCUT2D eigenvalue weighted by molar-refractivity contribution is -0.141. The fourth-order valence-corrected chi connectivity index (χ4v) is 5.79. The Bertz CT molecular complexity index is 1070. The number of nitriles is 1. The number of carbonyl (C=O) groups is 2. The minimum atomic E-state index is -3.83. The predicted octanol–water partition coefficient (Wildman–Crippen LogP) is -0.478. The number of nitrogens with two attached hydrogens (primary N) is 2. The molecule has 4 N–H and O–H groups in total. The van der Waals surface area contributed by atoms with Gasteiger partial charge >= 0.3 is 0 Å². The maximum atomic E-state index is 13.1. The van der Waals surface area contributed by atoms with Crippen LogP contribution in [0.3, 0.4) is 0 Å². The molecule has 10 nitrogen and oxygen atoms in total. The van der Waals surface area contributed by atoms with Crippen molar-refractivity contribution in [3.05, 3.63) is 29.8 Å². The van der Waals surface area contributed by atoms with Crippen molar-refractivity contribution in [1.29, 1.82) is 5.26 Å². The highest BCUT2D eigenvalue weighted by Gasteiger charge is 2.51. The quantitative estimate of drug-likeness (QED) is 0.581. The molecule has 5 atom stereocenters. The van der Waals surface area contributed by atoms with Crippen LogP contribution in [0.5, 0.6) is 0 Å². The predicted molar refractivity (Wildman–Crippen MR) is 115 cm³/mol. The molecule has 2 bridgehead atoms. The lowest BCUT2D eigenvalue weighted by Crippen LogP contribution is -2.56. The number of benzene rings is 1. The first-order chi connectivity index (χ1) is 15.1. The molecule has 4 rings (SSSR count). The van der Waals surface area contributed by atoms with Gasteiger partial charge in [0.05, 0.1) is 29.1 Å². The molecular formula is C21H28N6O4S. The summed E-state index contributed by atoms with van der Waals surface area (Å²) in [5.74, 6) is -0.292. The van der Waals surface area contributed by atoms with E-state index < -0.39 is 22.1 Å². The Morgan fingerprint density at radius 1 is 1.38 bits per heavy atom. The van der Waals surface area contributed by atoms with Gasteiger partial charge in [-0.3, -0.25) is 14.5 Å². The van der Waals surface area contributed by atoms with Crippen LogP contribution in [0, 0.1) is 11.3 Å². The summed E-state index contributed by atoms with van der Waals surface area (Å²) in [5.41, 5.74) is 6.88. The Balaban J connectivity index is 1.42. The Kier molecular flexibility index (Phi) is 5.98. The van der Waals surface area contributed by atoms with E-state index in [9.17, 15) is 23.3 Å². The lowest BCUT2D eigenvalue weighted by atomic mass is 10.1. The van der Waals surface area contributed by atoms with Crippen LogP contribution in [0.2, 0.25) is 0 Å². The van der Waals surface area contributed by atoms with Crippen molar-refractivity contribution in [1.82, 2.24) is 14.7 Å². The number of fused-ring (bicyclic) bond motifs is 2. The maximum Gasteiger partial charge on any atom is 0.241 e. The average Bonchev–Trinajstić information content (AvgIpc) is 3.46. The molecule has 1 aromatic rings. The Morgan fingerprint density at radius 3 is 2.78 bits per heavy atom. The zero-order chi connectivity index (χ0) is 23.2. The second-order valence-corrected chi connectivity index (χ2v) is 10.4. The summed E-state index contributed by atoms with van der Waals surface area (Å²) < 4.78 is 23.4. The van der Waals surface area contributed by atoms with Crippen LogP contribution in [0.4, 0.5) is 0 Å². The monoisotopic (exact) mass is 460 g/mol. The Morgan fingerprint density at radius 2 is 2.12 bits per heavy atom. The van der Waals surface area contributed by atoms with Crippen LogP contribution in [0.25, 0.3) is 0 Å². The van der Waals surface area contributed by atoms with Gasteiger partial charge in [0.15, 0.2) is 0 Å². The molecule has 0 aliphatic carbocycles. The van der Waals surface area contributed by atoms with Crippen molar-refractivity contribution in [2.24, 2.45) is 10.9 Å². The van der Waals surface area contributed by atoms with Gasteiger partial charge in [-0.1, -0.05) is 12.1 Å². The molecule has 32 heavy (non-hydrogen) atoms. The molecule has 3 aliphatic heterocycles. The van der Waals surface area contributed by atoms with Crippen molar-refractivity contribution in [2.45, 2.75) is 61.3 Å². The number of piperazine rings is 1. The molecule has 1 aromatic carbocycles. The molecule has 3 heterocycles. The van der Waals surface area contributed by atoms with Crippen molar-refractivity contribution in [3.8, 4) is 6.07 Å². The molecule has 1 unspecified atom stereocenters. The molecule has 11 heteroatoms. The first-order valence-electron chi connectivity index (χ1n) is 10.8. The van der Waals surface area contributed by atoms with Crippen LogP contribution in [0.15, 0.2) is 29.2 Å². The van der Waals surface area contributed by atoms with Gasteiger partial charge in [-0.15, -0.1) is 0 Å². The van der Waals surface area contributed by atoms with E-state index in [-0.39, 0.29) is 41.4 Å². The van der Waals surface area contributed by atoms with Crippen LogP contribution < -0.4 is 10.9 Å². The zero-order valence-electron chi connectivity index (χ0n) is 17.9. The van der Waals surface area contributed by atoms with Crippen molar-refractivity contribution >= 4 is 21.8 Å². The van der Waals surface area contributed by atoms with Crippen molar-refractivity contribution in [2.75, 3.05) is 19.6 Å². The van der Waals surface area contributed by atoms with E-state index >= 15 is 0 Å². The fourth-order valence-electron chi connectivity index (χ4n) is 5.22. The average molecular weight is 461 g/mol. The van der Waals surface area contributed by atoms with Crippen molar-refractivity contribution < 1.29 is 18.0 Å². The number of sulfonamides is 1. The van der Waals surface area contributed by atoms with Gasteiger partial charge in [0.1, 0.15) is 6.04 Å². The second kappa shape index (κ2) is 8.44. The standard InChI is InChI=1S/C21H28N6O4S/c1-13(14-4-2-6-17(8-14)32(24,30)31)27-16-9-19(21(27)29)25(11-16)12-18(23)20(28)26-7-3-5-15(26)10-22/h2,4,6,8,13,15-16,18-19H,3,5,7,9,11-12,23H2,1H3,(H2,24,30,31)/t13-,15+,16?,18+,19-/m1/s1. The maximum absolute atomic E-state index is 13.1. The van der Waals surface area contributed by atoms with Gasteiger partial charge in [0.25, 0.3) is 0 Å². The highest BCUT2D eigenvalue weighted by Crippen LogP contribution is 2.38. The molecule has 0 aromatic heterocycles. The lowest BCUT2D eigenvalue weighted by Gasteiger charge is -2.38. The molecule has 0 spiro atoms. The van der Waals surface area contributed by atoms with Gasteiger partial charge in [0.2, 0.25) is 21.8 Å². The third kappa shape index (κ3) is 3.99. The molecule has 172 valence electrons. The fraction of sp³-hybridized carbons (Fsp3) is 0.571. The molecular weight excluding hydrogens is 432 g/mol. The van der Waals surface area contributed by atoms with Crippen LogP contribution >= 0.6 is 0 Å². The van der Waals surface area contributed by atoms with Crippen LogP contribution in [0.1, 0.15) is 37.8 Å². The first-order valence-corrected chi connectivity index (χ1v) is 12.3. The summed E-state index contributed by atoms with van der Waals surface area (Å²) >= 11 is 0. The topological polar surface area (TPSA) is 154 Å². The smallest absolute Gasteiger partial charge is 0.241 e. The molecule has 3 fully saturated rings. The number of nitrogens with zero attached hydrogens (tertiary/aromatic N) is 4. The van der Waals surface area contributed by atoms with Crippen LogP contribution in [-0.4, -0.2) is 78.7 Å². The van der Waals surface area contributed by atoms with Gasteiger partial charge in [-0.05, 0) is 43.9 Å². The van der Waals surface area contributed by atoms with Gasteiger partial charge in [-0.2, -0.15) is 5.26 Å². The summed E-state index contributed by atoms with van der Waals surface area (Å²) in [4.78, 5) is 31.2. The Hall–Kier alpha value is -2.52. The molecule has 2 amide bonds. The summed E-state index contributed by atoms with van der Waals surface area (Å²) in [5, 5.41) is 14.5. The second-order valence-electron chi connectivity index (χ2n) is 8.82. The highest BCUT2D eigenvalue weighted by atomic mass is 32.2. The van der Waals surface area contributed by atoms with E-state index in [1.165, 1.54) is 12.1 Å². The number of carbonyl (C=O) groups excluding carboxylic acids is 2. The number of likely N-dealkylation sites (tertiary alicyclic amines) is 3. The molecule has 3 aliphatic rings. The summed E-state index contributed by atoms with van der Waals surface area (Å²) in [6, 6.07) is 6.59. The number of rotatable bonds is 6. The van der Waals surface area contributed by atoms with E-state index in [1.807, 2.05) is 11.8 Å². The first kappa shape index (κ1) is 22.7. The minimum Gasteiger partial charge on any atom is -0.330 e. The summed E-state index contributed by atoms with van der Waals surface area (Å²) in [7, 11) is -3.83. The van der Waals surface area contributed by atoms with Gasteiger partial charge < -0.3 is 15.5 Å². The number of primary sulfonamides is 1. The SMILES string of the molecule is C[C@H](c1cccc(S(N)(=O)=O)c1)N1C(=O)[C@H]2CC1CN2C[C@H](N)C(=O)N1CCC[C@H]1C#N. The third-order valence-electron chi connectivity index (χ3n) is 6.83. The molecule has 0 radical (unpaired) electrons. The zero-order valence-corrected chi connectivity index (χ0v) is 18.7. The van der Waals surface area contributed by atoms with Crippen LogP contribution in [-0.2, 0) is 19.6 Å². The van der Waals surface area contributed by atoms with E-state index in [0.717, 1.165) is 6.42 Å². The summed E-state index contributed by atoms with van der Waals surface area (Å²) in [6.07, 6.45) is 2.11. The van der Waals surface area contributed by atoms with E-state index in [2.05, 4.69) is 6.07 Å². The number of hydrogen-bond acceptors (Lipinski definition) is 7. The number of hydrogen-bond donors (Lipinski definition) is 2. The molecule has 3 saturated heterocycles. The van der Waals surface area contributed by atoms with E-state index in [0.29, 0.717) is 31.5 Å². The van der Waals surface area contributed by atoms with Gasteiger partial charge in [-0.25, -0.2) is 13.6 Å². The van der Waals surface area contributed by atoms with Gasteiger partial charge in [0, 0.05) is 25.7 Å². The van der Waals surface area contributed by atoms with Crippen molar-refractivity contribution in [3.63, 3.8) is 0 Å². The third-order valence-corrected chi connectivity index (χ3v) is 7.74. The largest absolute Gasteiger partial charge is 0.330 e. The highest BCUT2D eigenvalue weighted by molar-refractivity contribution is 7.89. The summed E-state index contributed by atoms with van der Waals surface area (Å²) in [6.45, 7) is 3.27. The molecule has 0 saturated carbocycles. The van der Waals surface area contributed by atoms with E-state index in [4.69, 9.17) is 10.9 Å². The Labute approximate surface area is 187 Å². The number of amides is 2. The van der Waals surface area contributed by atoms with E-state index in [1.54, 1.807) is 21.9 Å². The minimum absolute atomic E-state index is 0.0161. The normalized spacial score (nSPS) is 27.6.